The van der Waals surface area contributed by atoms with E-state index in [1.165, 1.54) is 0 Å². The average Bonchev–Trinajstić information content (AvgIpc) is 2.70. The molecule has 0 saturated carbocycles. The van der Waals surface area contributed by atoms with Crippen molar-refractivity contribution in [2.75, 3.05) is 47.0 Å². The topological polar surface area (TPSA) is 108 Å². The molecule has 0 aromatic heterocycles. The predicted molar refractivity (Wildman–Crippen MR) is 127 cm³/mol. The molecule has 0 radical (unpaired) electrons. The molecule has 0 aromatic rings. The molecule has 0 bridgehead atoms. The van der Waals surface area contributed by atoms with Crippen molar-refractivity contribution in [1.29, 1.82) is 0 Å². The Morgan fingerprint density at radius 2 is 1.59 bits per heavy atom. The molecule has 194 valence electrons. The van der Waals surface area contributed by atoms with Crippen LogP contribution in [0, 0.1) is 55.3 Å². The molecule has 0 aliphatic heterocycles. The molecule has 9 nitrogen and oxygen atoms in total. The van der Waals surface area contributed by atoms with E-state index in [0.717, 1.165) is 6.42 Å². The fourth-order valence-electron chi connectivity index (χ4n) is 2.44. The van der Waals surface area contributed by atoms with Gasteiger partial charge in [0.2, 0.25) is 0 Å². The quantitative estimate of drug-likeness (QED) is 0.0824. The van der Waals surface area contributed by atoms with Crippen molar-refractivity contribution in [3.05, 3.63) is 19.1 Å². The van der Waals surface area contributed by atoms with Crippen LogP contribution in [-0.2, 0) is 23.8 Å². The number of hydrogen-bond acceptors (Lipinski definition) is 7. The van der Waals surface area contributed by atoms with Gasteiger partial charge in [0.05, 0.1) is 20.6 Å². The monoisotopic (exact) mass is 709 g/mol. The Bertz CT molecular complexity index is 649. The van der Waals surface area contributed by atoms with E-state index in [1.807, 2.05) is 0 Å². The van der Waals surface area contributed by atoms with Gasteiger partial charge < -0.3 is 31.2 Å². The van der Waals surface area contributed by atoms with Gasteiger partial charge in [-0.25, -0.2) is 14.1 Å². The molecule has 0 heterocycles. The zero-order valence-corrected chi connectivity index (χ0v) is 26.3. The Kier molecular flexibility index (Phi) is 20.7. The molecule has 1 N–H and O–H groups in total. The Morgan fingerprint density at radius 3 is 2.03 bits per heavy atom. The van der Waals surface area contributed by atoms with Gasteiger partial charge in [-0.2, -0.15) is 4.79 Å². The molecule has 0 fully saturated rings. The van der Waals surface area contributed by atoms with Crippen molar-refractivity contribution in [2.24, 2.45) is 17.3 Å². The van der Waals surface area contributed by atoms with Crippen LogP contribution in [0.4, 0.5) is 9.59 Å². The van der Waals surface area contributed by atoms with Gasteiger partial charge in [-0.05, 0) is 25.4 Å². The number of ether oxygens (including phenoxy) is 3. The first-order valence-corrected chi connectivity index (χ1v) is 11.0. The summed E-state index contributed by atoms with van der Waals surface area (Å²) in [5.74, 6) is -0.259. The number of quaternary nitrogens is 1. The fourth-order valence-corrected chi connectivity index (χ4v) is 2.44. The van der Waals surface area contributed by atoms with E-state index < -0.39 is 18.2 Å². The maximum absolute atomic E-state index is 12.4. The molecule has 1 unspecified atom stereocenters. The molecule has 34 heavy (non-hydrogen) atoms. The summed E-state index contributed by atoms with van der Waals surface area (Å²) in [6, 6.07) is 0. The predicted octanol–water partition coefficient (Wildman–Crippen LogP) is 3.68. The fraction of sp³-hybridized carbons (Fsp3) is 0.708. The van der Waals surface area contributed by atoms with Gasteiger partial charge in [0.1, 0.15) is 13.2 Å². The molecule has 0 aliphatic rings. The van der Waals surface area contributed by atoms with Crippen LogP contribution in [0.5, 0.6) is 0 Å². The van der Waals surface area contributed by atoms with Gasteiger partial charge in [-0.15, -0.1) is 5.92 Å². The summed E-state index contributed by atoms with van der Waals surface area (Å²) in [6.07, 6.45) is 1.63. The average molecular weight is 710 g/mol. The van der Waals surface area contributed by atoms with E-state index in [4.69, 9.17) is 14.2 Å². The number of rotatable bonds is 12. The van der Waals surface area contributed by atoms with Crippen LogP contribution in [-0.4, -0.2) is 75.9 Å². The number of alkyl carbamates (subject to hydrolysis) is 1. The van der Waals surface area contributed by atoms with Gasteiger partial charge in [0.15, 0.2) is 0 Å². The van der Waals surface area contributed by atoms with Gasteiger partial charge in [0, 0.05) is 18.0 Å². The number of nitrogens with zero attached hydrogens (tertiary/aromatic N) is 1. The summed E-state index contributed by atoms with van der Waals surface area (Å²) in [5.41, 5.74) is 0.178. The smallest absolute Gasteiger partial charge is 0.542 e. The number of esters is 1. The van der Waals surface area contributed by atoms with E-state index in [2.05, 4.69) is 39.6 Å². The Balaban J connectivity index is -0.00000144. The third-order valence-electron chi connectivity index (χ3n) is 4.96. The second-order valence-corrected chi connectivity index (χ2v) is 9.37. The van der Waals surface area contributed by atoms with Crippen LogP contribution in [0.3, 0.4) is 0 Å². The van der Waals surface area contributed by atoms with E-state index in [1.54, 1.807) is 41.2 Å². The minimum absolute atomic E-state index is 0. The molecule has 0 rings (SSSR count). The SMILES string of the molecule is C=C(C)C(=O)OCCOC(=O)[N+](C)(C)CC(C)C(C)(C)CCNC(=O)OC[CH2-].CC(C)[C-]=O.[U+2]. The number of carbonyl (C=O) groups excluding carboxylic acids is 4. The summed E-state index contributed by atoms with van der Waals surface area (Å²) >= 11 is 0. The number of hydrogen-bond donors (Lipinski definition) is 1. The minimum atomic E-state index is -0.507. The van der Waals surface area contributed by atoms with E-state index in [9.17, 15) is 19.2 Å². The molecule has 0 aromatic carbocycles. The summed E-state index contributed by atoms with van der Waals surface area (Å²) in [6.45, 7) is 19.4. The minimum Gasteiger partial charge on any atom is -0.542 e. The normalized spacial score (nSPS) is 11.7. The molecule has 2 amide bonds. The summed E-state index contributed by atoms with van der Waals surface area (Å²) < 4.78 is 14.9. The molecule has 0 aliphatic carbocycles. The first-order chi connectivity index (χ1) is 15.1. The number of amides is 2. The summed E-state index contributed by atoms with van der Waals surface area (Å²) in [7, 11) is 3.55. The molecule has 0 spiro atoms. The molecular formula is C24H43N2O7U+. The largest absolute Gasteiger partial charge is 2.00 e. The van der Waals surface area contributed by atoms with Crippen molar-refractivity contribution in [1.82, 2.24) is 5.32 Å². The van der Waals surface area contributed by atoms with Crippen molar-refractivity contribution < 1.29 is 69.0 Å². The third-order valence-corrected chi connectivity index (χ3v) is 4.96. The van der Waals surface area contributed by atoms with Crippen LogP contribution in [0.1, 0.15) is 48.0 Å². The van der Waals surface area contributed by atoms with Gasteiger partial charge >= 0.3 is 49.3 Å². The number of nitrogens with one attached hydrogen (secondary N) is 1. The Hall–Kier alpha value is -1.37. The van der Waals surface area contributed by atoms with Crippen molar-refractivity contribution in [2.45, 2.75) is 48.0 Å². The maximum atomic E-state index is 12.4. The summed E-state index contributed by atoms with van der Waals surface area (Å²) in [5, 5.41) is 2.69. The van der Waals surface area contributed by atoms with Crippen molar-refractivity contribution in [3.63, 3.8) is 0 Å². The summed E-state index contributed by atoms with van der Waals surface area (Å²) in [4.78, 5) is 44.4. The van der Waals surface area contributed by atoms with E-state index in [0.29, 0.717) is 18.7 Å². The number of carbonyl (C=O) groups is 3. The van der Waals surface area contributed by atoms with Crippen molar-refractivity contribution in [3.8, 4) is 0 Å². The van der Waals surface area contributed by atoms with Crippen LogP contribution >= 0.6 is 0 Å². The zero-order valence-electron chi connectivity index (χ0n) is 22.1. The van der Waals surface area contributed by atoms with Crippen LogP contribution in [0.15, 0.2) is 12.2 Å². The molecule has 10 heteroatoms. The first-order valence-electron chi connectivity index (χ1n) is 11.0. The molecule has 1 atom stereocenters. The maximum Gasteiger partial charge on any atom is 2.00 e. The Labute approximate surface area is 229 Å². The second kappa shape index (κ2) is 18.9. The molecule has 0 saturated heterocycles. The molecular weight excluding hydrogens is 666 g/mol. The van der Waals surface area contributed by atoms with Crippen LogP contribution in [0.2, 0.25) is 0 Å². The first kappa shape index (κ1) is 37.2. The zero-order chi connectivity index (χ0) is 26.2. The van der Waals surface area contributed by atoms with E-state index in [-0.39, 0.29) is 72.7 Å². The third kappa shape index (κ3) is 18.0. The Morgan fingerprint density at radius 1 is 1.09 bits per heavy atom. The second-order valence-electron chi connectivity index (χ2n) is 9.37. The van der Waals surface area contributed by atoms with Gasteiger partial charge in [0.25, 0.3) is 0 Å². The van der Waals surface area contributed by atoms with Crippen molar-refractivity contribution >= 4 is 24.4 Å². The van der Waals surface area contributed by atoms with E-state index >= 15 is 0 Å². The van der Waals surface area contributed by atoms with Gasteiger partial charge in [-0.1, -0.05) is 41.2 Å². The standard InChI is InChI=1S/C20H36N2O6.C4H7O.U/c1-9-26-18(24)21-11-10-20(5,6)16(4)14-22(7,8)19(25)28-13-12-27-17(23)15(2)3;1-4(2)3-5;/h16H,1-2,9-14H2,3-8H3,(H,21,24);4H,1-2H3;/q;-1;+2. The van der Waals surface area contributed by atoms with Crippen LogP contribution in [0.25, 0.3) is 0 Å². The van der Waals surface area contributed by atoms with Crippen LogP contribution < -0.4 is 5.32 Å². The van der Waals surface area contributed by atoms with Gasteiger partial charge in [-0.3, -0.25) is 6.29 Å².